The van der Waals surface area contributed by atoms with Crippen LogP contribution in [0.3, 0.4) is 0 Å². The molecule has 47 heavy (non-hydrogen) atoms. The fraction of sp³-hybridized carbons (Fsp3) is 0.278. The highest BCUT2D eigenvalue weighted by Gasteiger charge is 2.34. The molecule has 0 bridgehead atoms. The van der Waals surface area contributed by atoms with E-state index in [2.05, 4.69) is 5.32 Å². The lowest BCUT2D eigenvalue weighted by atomic mass is 10.0. The van der Waals surface area contributed by atoms with E-state index in [0.29, 0.717) is 24.5 Å². The molecule has 248 valence electrons. The summed E-state index contributed by atoms with van der Waals surface area (Å²) in [5.41, 5.74) is 1.50. The summed E-state index contributed by atoms with van der Waals surface area (Å²) in [6, 6.07) is 24.2. The Labute approximate surface area is 275 Å². The molecule has 0 heterocycles. The van der Waals surface area contributed by atoms with Gasteiger partial charge in [-0.25, -0.2) is 17.2 Å². The second-order valence-corrected chi connectivity index (χ2v) is 13.2. The smallest absolute Gasteiger partial charge is 0.264 e. The van der Waals surface area contributed by atoms with Crippen molar-refractivity contribution in [2.24, 2.45) is 5.92 Å². The predicted octanol–water partition coefficient (Wildman–Crippen LogP) is 5.97. The fourth-order valence-corrected chi connectivity index (χ4v) is 6.31. The van der Waals surface area contributed by atoms with Gasteiger partial charge in [-0.3, -0.25) is 13.9 Å². The minimum atomic E-state index is -4.40. The summed E-state index contributed by atoms with van der Waals surface area (Å²) in [5, 5.41) is 2.92. The van der Waals surface area contributed by atoms with Crippen molar-refractivity contribution in [2.75, 3.05) is 24.0 Å². The normalized spacial score (nSPS) is 12.0. The number of nitrogens with zero attached hydrogens (tertiary/aromatic N) is 2. The maximum atomic E-state index is 14.5. The van der Waals surface area contributed by atoms with E-state index in [9.17, 15) is 26.8 Å². The first-order valence-corrected chi connectivity index (χ1v) is 16.8. The zero-order valence-corrected chi connectivity index (χ0v) is 27.4. The van der Waals surface area contributed by atoms with Gasteiger partial charge in [-0.15, -0.1) is 0 Å². The molecule has 2 amide bonds. The van der Waals surface area contributed by atoms with Gasteiger partial charge in [0.2, 0.25) is 11.8 Å². The van der Waals surface area contributed by atoms with E-state index >= 15 is 0 Å². The summed E-state index contributed by atoms with van der Waals surface area (Å²) in [7, 11) is -4.40. The van der Waals surface area contributed by atoms with Crippen molar-refractivity contribution in [1.82, 2.24) is 10.2 Å². The number of ether oxygens (including phenoxy) is 1. The molecule has 11 heteroatoms. The van der Waals surface area contributed by atoms with Crippen LogP contribution < -0.4 is 14.4 Å². The molecule has 4 aromatic carbocycles. The maximum Gasteiger partial charge on any atom is 0.264 e. The molecular weight excluding hydrogens is 624 g/mol. The Morgan fingerprint density at radius 2 is 1.40 bits per heavy atom. The molecule has 0 spiro atoms. The van der Waals surface area contributed by atoms with Crippen molar-refractivity contribution in [3.63, 3.8) is 0 Å². The summed E-state index contributed by atoms with van der Waals surface area (Å²) in [5.74, 6) is -1.52. The number of hydrogen-bond donors (Lipinski definition) is 1. The SMILES string of the molecule is CCOc1ccc(N(CC(=O)N(Cc2ccc(F)cc2)[C@H](Cc2ccccc2)C(=O)NCC(C)C)S(=O)(=O)c2ccc(F)cc2)cc1. The lowest BCUT2D eigenvalue weighted by Gasteiger charge is -2.34. The summed E-state index contributed by atoms with van der Waals surface area (Å²) < 4.78 is 62.2. The van der Waals surface area contributed by atoms with Crippen LogP contribution in [0.2, 0.25) is 0 Å². The highest BCUT2D eigenvalue weighted by Crippen LogP contribution is 2.27. The first-order valence-electron chi connectivity index (χ1n) is 15.3. The van der Waals surface area contributed by atoms with Crippen LogP contribution in [0, 0.1) is 17.6 Å². The Morgan fingerprint density at radius 3 is 1.98 bits per heavy atom. The van der Waals surface area contributed by atoms with Gasteiger partial charge in [0.05, 0.1) is 17.2 Å². The van der Waals surface area contributed by atoms with Gasteiger partial charge in [-0.1, -0.05) is 56.3 Å². The van der Waals surface area contributed by atoms with Crippen molar-refractivity contribution in [3.8, 4) is 5.75 Å². The average molecular weight is 664 g/mol. The Hall–Kier alpha value is -4.77. The van der Waals surface area contributed by atoms with Crippen LogP contribution in [0.5, 0.6) is 5.75 Å². The molecule has 0 aliphatic heterocycles. The number of halogens is 2. The van der Waals surface area contributed by atoms with E-state index in [4.69, 9.17) is 4.74 Å². The molecule has 4 rings (SSSR count). The molecule has 0 aliphatic rings. The molecule has 4 aromatic rings. The van der Waals surface area contributed by atoms with Crippen LogP contribution >= 0.6 is 0 Å². The Bertz CT molecular complexity index is 1720. The summed E-state index contributed by atoms with van der Waals surface area (Å²) in [6.07, 6.45) is 0.144. The number of nitrogens with one attached hydrogen (secondary N) is 1. The number of sulfonamides is 1. The van der Waals surface area contributed by atoms with Gasteiger partial charge in [0.25, 0.3) is 10.0 Å². The molecule has 0 fully saturated rings. The molecule has 0 unspecified atom stereocenters. The van der Waals surface area contributed by atoms with Gasteiger partial charge in [0.15, 0.2) is 0 Å². The second-order valence-electron chi connectivity index (χ2n) is 11.4. The van der Waals surface area contributed by atoms with Crippen molar-refractivity contribution >= 4 is 27.5 Å². The van der Waals surface area contributed by atoms with Gasteiger partial charge in [0.1, 0.15) is 30.0 Å². The average Bonchev–Trinajstić information content (AvgIpc) is 3.06. The zero-order valence-electron chi connectivity index (χ0n) is 26.6. The lowest BCUT2D eigenvalue weighted by molar-refractivity contribution is -0.140. The third kappa shape index (κ3) is 9.62. The van der Waals surface area contributed by atoms with Crippen LogP contribution in [-0.2, 0) is 32.6 Å². The second kappa shape index (κ2) is 16.2. The molecule has 8 nitrogen and oxygen atoms in total. The number of carbonyl (C=O) groups excluding carboxylic acids is 2. The predicted molar refractivity (Wildman–Crippen MR) is 177 cm³/mol. The van der Waals surface area contributed by atoms with Gasteiger partial charge in [-0.2, -0.15) is 0 Å². The monoisotopic (exact) mass is 663 g/mol. The topological polar surface area (TPSA) is 96.0 Å². The lowest BCUT2D eigenvalue weighted by Crippen LogP contribution is -2.53. The molecule has 0 aliphatic carbocycles. The minimum absolute atomic E-state index is 0.0978. The number of rotatable bonds is 15. The van der Waals surface area contributed by atoms with Crippen LogP contribution in [-0.4, -0.2) is 50.9 Å². The standard InChI is InChI=1S/C36H39F2N3O5S/c1-4-46-32-18-16-31(17-19-32)41(47(44,45)33-20-14-30(38)15-21-33)25-35(42)40(24-28-10-12-29(37)13-11-28)34(36(43)39-23-26(2)3)22-27-8-6-5-7-9-27/h5-21,26,34H,4,22-25H2,1-3H3,(H,39,43)/t34-/m1/s1. The minimum Gasteiger partial charge on any atom is -0.494 e. The van der Waals surface area contributed by atoms with Crippen LogP contribution in [0.25, 0.3) is 0 Å². The number of anilines is 1. The van der Waals surface area contributed by atoms with Crippen molar-refractivity contribution in [1.29, 1.82) is 0 Å². The number of benzene rings is 4. The molecular formula is C36H39F2N3O5S. The zero-order chi connectivity index (χ0) is 34.0. The molecule has 1 atom stereocenters. The summed E-state index contributed by atoms with van der Waals surface area (Å²) >= 11 is 0. The number of hydrogen-bond acceptors (Lipinski definition) is 5. The maximum absolute atomic E-state index is 14.5. The molecule has 1 N–H and O–H groups in total. The molecule has 0 aromatic heterocycles. The van der Waals surface area contributed by atoms with Crippen LogP contribution in [0.15, 0.2) is 108 Å². The highest BCUT2D eigenvalue weighted by atomic mass is 32.2. The first kappa shape index (κ1) is 35.1. The first-order chi connectivity index (χ1) is 22.5. The van der Waals surface area contributed by atoms with Crippen LogP contribution in [0.4, 0.5) is 14.5 Å². The fourth-order valence-electron chi connectivity index (χ4n) is 4.90. The Kier molecular flexibility index (Phi) is 12.1. The van der Waals surface area contributed by atoms with Gasteiger partial charge in [-0.05, 0) is 84.6 Å². The number of amides is 2. The quantitative estimate of drug-likeness (QED) is 0.169. The van der Waals surface area contributed by atoms with E-state index in [-0.39, 0.29) is 29.5 Å². The van der Waals surface area contributed by atoms with E-state index in [1.807, 2.05) is 51.1 Å². The Balaban J connectivity index is 1.79. The number of carbonyl (C=O) groups is 2. The third-order valence-corrected chi connectivity index (χ3v) is 9.13. The molecule has 0 saturated carbocycles. The van der Waals surface area contributed by atoms with Crippen molar-refractivity contribution in [2.45, 2.75) is 44.7 Å². The summed E-state index contributed by atoms with van der Waals surface area (Å²) in [4.78, 5) is 29.4. The van der Waals surface area contributed by atoms with Crippen molar-refractivity contribution in [3.05, 3.63) is 126 Å². The molecule has 0 saturated heterocycles. The van der Waals surface area contributed by atoms with E-state index in [1.54, 1.807) is 12.1 Å². The Morgan fingerprint density at radius 1 is 0.809 bits per heavy atom. The van der Waals surface area contributed by atoms with E-state index in [1.165, 1.54) is 41.3 Å². The van der Waals surface area contributed by atoms with Crippen LogP contribution in [0.1, 0.15) is 31.9 Å². The van der Waals surface area contributed by atoms with Gasteiger partial charge in [0, 0.05) is 19.5 Å². The molecule has 0 radical (unpaired) electrons. The van der Waals surface area contributed by atoms with Gasteiger partial charge < -0.3 is 15.0 Å². The van der Waals surface area contributed by atoms with E-state index < -0.39 is 46.1 Å². The largest absolute Gasteiger partial charge is 0.494 e. The van der Waals surface area contributed by atoms with E-state index in [0.717, 1.165) is 34.1 Å². The van der Waals surface area contributed by atoms with Gasteiger partial charge >= 0.3 is 0 Å². The highest BCUT2D eigenvalue weighted by molar-refractivity contribution is 7.92. The van der Waals surface area contributed by atoms with Crippen molar-refractivity contribution < 1.29 is 31.5 Å². The summed E-state index contributed by atoms with van der Waals surface area (Å²) in [6.45, 7) is 5.69. The third-order valence-electron chi connectivity index (χ3n) is 7.34.